The summed E-state index contributed by atoms with van der Waals surface area (Å²) in [6.07, 6.45) is 4.53. The van der Waals surface area contributed by atoms with Crippen LogP contribution >= 0.6 is 24.8 Å². The predicted molar refractivity (Wildman–Crippen MR) is 86.1 cm³/mol. The van der Waals surface area contributed by atoms with Gasteiger partial charge in [0.1, 0.15) is 5.75 Å². The van der Waals surface area contributed by atoms with Crippen molar-refractivity contribution in [3.63, 3.8) is 0 Å². The Morgan fingerprint density at radius 3 is 2.85 bits per heavy atom. The summed E-state index contributed by atoms with van der Waals surface area (Å²) >= 11 is 0. The maximum Gasteiger partial charge on any atom is 0.119 e. The molecule has 0 saturated carbocycles. The van der Waals surface area contributed by atoms with Crippen molar-refractivity contribution in [3.8, 4) is 5.75 Å². The minimum atomic E-state index is 0. The number of aromatic nitrogens is 2. The average Bonchev–Trinajstić information content (AvgIpc) is 2.89. The van der Waals surface area contributed by atoms with Crippen LogP contribution in [0.1, 0.15) is 18.2 Å². The van der Waals surface area contributed by atoms with E-state index in [9.17, 15) is 0 Å². The lowest BCUT2D eigenvalue weighted by molar-refractivity contribution is 0.340. The molecule has 2 N–H and O–H groups in total. The van der Waals surface area contributed by atoms with Crippen LogP contribution in [0.4, 0.5) is 0 Å². The van der Waals surface area contributed by atoms with Gasteiger partial charge in [0.05, 0.1) is 12.9 Å². The first-order valence-electron chi connectivity index (χ1n) is 6.28. The molecule has 0 spiro atoms. The van der Waals surface area contributed by atoms with Gasteiger partial charge in [-0.1, -0.05) is 12.1 Å². The van der Waals surface area contributed by atoms with Crippen molar-refractivity contribution in [2.45, 2.75) is 19.9 Å². The number of aromatic amines is 1. The van der Waals surface area contributed by atoms with E-state index in [4.69, 9.17) is 4.74 Å². The quantitative estimate of drug-likeness (QED) is 0.772. The molecule has 20 heavy (non-hydrogen) atoms. The smallest absolute Gasteiger partial charge is 0.119 e. The first-order chi connectivity index (χ1) is 8.88. The van der Waals surface area contributed by atoms with E-state index >= 15 is 0 Å². The monoisotopic (exact) mass is 317 g/mol. The van der Waals surface area contributed by atoms with Crippen LogP contribution in [0.3, 0.4) is 0 Å². The summed E-state index contributed by atoms with van der Waals surface area (Å²) in [5.74, 6) is 0.936. The fourth-order valence-electron chi connectivity index (χ4n) is 1.79. The van der Waals surface area contributed by atoms with E-state index in [0.29, 0.717) is 6.61 Å². The Morgan fingerprint density at radius 2 is 2.15 bits per heavy atom. The normalized spacial score (nSPS) is 9.45. The number of hydrogen-bond donors (Lipinski definition) is 2. The SMILES string of the molecule is CCOc1cccc(CNCCc2cnc[nH]2)c1.Cl.Cl. The largest absolute Gasteiger partial charge is 0.494 e. The summed E-state index contributed by atoms with van der Waals surface area (Å²) in [6, 6.07) is 8.19. The third kappa shape index (κ3) is 6.28. The summed E-state index contributed by atoms with van der Waals surface area (Å²) in [7, 11) is 0. The minimum Gasteiger partial charge on any atom is -0.494 e. The molecule has 112 valence electrons. The summed E-state index contributed by atoms with van der Waals surface area (Å²) in [5.41, 5.74) is 2.40. The molecule has 1 heterocycles. The lowest BCUT2D eigenvalue weighted by atomic mass is 10.2. The van der Waals surface area contributed by atoms with Crippen LogP contribution in [0.2, 0.25) is 0 Å². The molecule has 2 aromatic rings. The standard InChI is InChI=1S/C14H19N3O.2ClH/c1-2-18-14-5-3-4-12(8-14)9-15-7-6-13-10-16-11-17-13;;/h3-5,8,10-11,15H,2,6-7,9H2,1H3,(H,16,17);2*1H. The van der Waals surface area contributed by atoms with E-state index in [0.717, 1.165) is 31.0 Å². The lowest BCUT2D eigenvalue weighted by Gasteiger charge is -2.07. The Kier molecular flexibility index (Phi) is 9.90. The fraction of sp³-hybridized carbons (Fsp3) is 0.357. The Morgan fingerprint density at radius 1 is 1.30 bits per heavy atom. The number of benzene rings is 1. The van der Waals surface area contributed by atoms with Crippen molar-refractivity contribution < 1.29 is 4.74 Å². The maximum absolute atomic E-state index is 5.47. The highest BCUT2D eigenvalue weighted by Crippen LogP contribution is 2.12. The molecular formula is C14H21Cl2N3O. The highest BCUT2D eigenvalue weighted by atomic mass is 35.5. The van der Waals surface area contributed by atoms with Crippen molar-refractivity contribution in [3.05, 3.63) is 48.0 Å². The fourth-order valence-corrected chi connectivity index (χ4v) is 1.79. The summed E-state index contributed by atoms with van der Waals surface area (Å²) in [5, 5.41) is 3.41. The molecule has 0 radical (unpaired) electrons. The molecule has 0 fully saturated rings. The van der Waals surface area contributed by atoms with Crippen LogP contribution in [0, 0.1) is 0 Å². The van der Waals surface area contributed by atoms with Crippen LogP contribution < -0.4 is 10.1 Å². The molecule has 0 aliphatic heterocycles. The molecule has 0 aliphatic carbocycles. The summed E-state index contributed by atoms with van der Waals surface area (Å²) in [4.78, 5) is 7.08. The molecule has 6 heteroatoms. The number of H-pyrrole nitrogens is 1. The van der Waals surface area contributed by atoms with Crippen LogP contribution in [-0.4, -0.2) is 23.1 Å². The van der Waals surface area contributed by atoms with E-state index in [1.54, 1.807) is 6.33 Å². The van der Waals surface area contributed by atoms with Gasteiger partial charge in [-0.05, 0) is 24.6 Å². The Labute approximate surface area is 132 Å². The second-order valence-corrected chi connectivity index (χ2v) is 4.08. The van der Waals surface area contributed by atoms with Gasteiger partial charge >= 0.3 is 0 Å². The number of ether oxygens (including phenoxy) is 1. The van der Waals surface area contributed by atoms with Gasteiger partial charge in [-0.3, -0.25) is 0 Å². The molecule has 0 aliphatic rings. The molecule has 4 nitrogen and oxygen atoms in total. The molecule has 0 unspecified atom stereocenters. The molecule has 0 amide bonds. The average molecular weight is 318 g/mol. The van der Waals surface area contributed by atoms with Gasteiger partial charge in [0.2, 0.25) is 0 Å². The van der Waals surface area contributed by atoms with Crippen LogP contribution in [0.5, 0.6) is 5.75 Å². The zero-order chi connectivity index (χ0) is 12.6. The number of halogens is 2. The van der Waals surface area contributed by atoms with E-state index in [1.807, 2.05) is 25.3 Å². The first-order valence-corrected chi connectivity index (χ1v) is 6.28. The van der Waals surface area contributed by atoms with Gasteiger partial charge in [0.15, 0.2) is 0 Å². The zero-order valence-corrected chi connectivity index (χ0v) is 13.1. The van der Waals surface area contributed by atoms with E-state index in [2.05, 4.69) is 27.4 Å². The molecule has 0 bridgehead atoms. The third-order valence-electron chi connectivity index (χ3n) is 2.66. The maximum atomic E-state index is 5.47. The van der Waals surface area contributed by atoms with Crippen molar-refractivity contribution in [1.82, 2.24) is 15.3 Å². The van der Waals surface area contributed by atoms with Gasteiger partial charge in [-0.15, -0.1) is 24.8 Å². The Bertz CT molecular complexity index is 463. The number of nitrogens with one attached hydrogen (secondary N) is 2. The molecule has 2 rings (SSSR count). The van der Waals surface area contributed by atoms with Gasteiger partial charge < -0.3 is 15.0 Å². The Balaban J connectivity index is 0.00000180. The second-order valence-electron chi connectivity index (χ2n) is 4.08. The highest BCUT2D eigenvalue weighted by molar-refractivity contribution is 5.85. The minimum absolute atomic E-state index is 0. The first kappa shape index (κ1) is 18.8. The number of nitrogens with zero attached hydrogens (tertiary/aromatic N) is 1. The number of imidazole rings is 1. The van der Waals surface area contributed by atoms with Crippen LogP contribution in [-0.2, 0) is 13.0 Å². The summed E-state index contributed by atoms with van der Waals surface area (Å²) in [6.45, 7) is 4.49. The topological polar surface area (TPSA) is 49.9 Å². The van der Waals surface area contributed by atoms with Crippen molar-refractivity contribution >= 4 is 24.8 Å². The van der Waals surface area contributed by atoms with E-state index in [1.165, 1.54) is 5.56 Å². The second kappa shape index (κ2) is 10.5. The molecular weight excluding hydrogens is 297 g/mol. The van der Waals surface area contributed by atoms with Crippen molar-refractivity contribution in [2.24, 2.45) is 0 Å². The van der Waals surface area contributed by atoms with Crippen molar-refractivity contribution in [1.29, 1.82) is 0 Å². The summed E-state index contributed by atoms with van der Waals surface area (Å²) < 4.78 is 5.47. The highest BCUT2D eigenvalue weighted by Gasteiger charge is 1.97. The van der Waals surface area contributed by atoms with Crippen molar-refractivity contribution in [2.75, 3.05) is 13.2 Å². The molecule has 1 aromatic carbocycles. The lowest BCUT2D eigenvalue weighted by Crippen LogP contribution is -2.16. The Hall–Kier alpha value is -1.23. The van der Waals surface area contributed by atoms with Gasteiger partial charge in [0.25, 0.3) is 0 Å². The zero-order valence-electron chi connectivity index (χ0n) is 11.5. The molecule has 0 saturated heterocycles. The number of hydrogen-bond acceptors (Lipinski definition) is 3. The molecule has 1 aromatic heterocycles. The van der Waals surface area contributed by atoms with Gasteiger partial charge in [0, 0.05) is 31.4 Å². The van der Waals surface area contributed by atoms with Crippen LogP contribution in [0.25, 0.3) is 0 Å². The van der Waals surface area contributed by atoms with Crippen LogP contribution in [0.15, 0.2) is 36.8 Å². The van der Waals surface area contributed by atoms with E-state index in [-0.39, 0.29) is 24.8 Å². The van der Waals surface area contributed by atoms with E-state index < -0.39 is 0 Å². The van der Waals surface area contributed by atoms with Gasteiger partial charge in [-0.2, -0.15) is 0 Å². The predicted octanol–water partition coefficient (Wildman–Crippen LogP) is 2.98. The molecule has 0 atom stereocenters. The third-order valence-corrected chi connectivity index (χ3v) is 2.66. The van der Waals surface area contributed by atoms with Gasteiger partial charge in [-0.25, -0.2) is 4.98 Å². The number of rotatable bonds is 7.